The standard InChI is InChI=1S/C10H16O2/c1-2-3-4-5-7-10-11-8-6-9-12-10/h10H,2-4,6,8-9H2,1H3. The highest BCUT2D eigenvalue weighted by Gasteiger charge is 2.09. The van der Waals surface area contributed by atoms with Crippen molar-refractivity contribution in [3.63, 3.8) is 0 Å². The molecule has 0 bridgehead atoms. The Bertz CT molecular complexity index is 160. The molecule has 0 aromatic heterocycles. The van der Waals surface area contributed by atoms with E-state index >= 15 is 0 Å². The molecule has 0 amide bonds. The van der Waals surface area contributed by atoms with Crippen LogP contribution in [-0.4, -0.2) is 19.5 Å². The zero-order chi connectivity index (χ0) is 8.65. The van der Waals surface area contributed by atoms with Crippen molar-refractivity contribution in [1.29, 1.82) is 0 Å². The lowest BCUT2D eigenvalue weighted by Gasteiger charge is -2.17. The third kappa shape index (κ3) is 3.75. The van der Waals surface area contributed by atoms with Crippen LogP contribution in [0.4, 0.5) is 0 Å². The second-order valence-corrected chi connectivity index (χ2v) is 2.85. The summed E-state index contributed by atoms with van der Waals surface area (Å²) < 4.78 is 10.5. The van der Waals surface area contributed by atoms with E-state index in [1.54, 1.807) is 0 Å². The smallest absolute Gasteiger partial charge is 0.222 e. The first-order chi connectivity index (χ1) is 5.93. The van der Waals surface area contributed by atoms with Crippen LogP contribution < -0.4 is 0 Å². The van der Waals surface area contributed by atoms with E-state index in [9.17, 15) is 0 Å². The van der Waals surface area contributed by atoms with Gasteiger partial charge in [0.05, 0.1) is 13.2 Å². The lowest BCUT2D eigenvalue weighted by Crippen LogP contribution is -2.22. The highest BCUT2D eigenvalue weighted by atomic mass is 16.7. The van der Waals surface area contributed by atoms with E-state index < -0.39 is 0 Å². The Morgan fingerprint density at radius 1 is 1.33 bits per heavy atom. The van der Waals surface area contributed by atoms with Gasteiger partial charge in [-0.1, -0.05) is 19.3 Å². The molecule has 2 nitrogen and oxygen atoms in total. The lowest BCUT2D eigenvalue weighted by atomic mass is 10.2. The Morgan fingerprint density at radius 3 is 2.75 bits per heavy atom. The zero-order valence-electron chi connectivity index (χ0n) is 7.64. The highest BCUT2D eigenvalue weighted by molar-refractivity contribution is 5.02. The molecule has 2 heteroatoms. The molecule has 0 atom stereocenters. The summed E-state index contributed by atoms with van der Waals surface area (Å²) in [6, 6.07) is 0. The van der Waals surface area contributed by atoms with Crippen LogP contribution in [-0.2, 0) is 9.47 Å². The molecule has 0 saturated carbocycles. The number of hydrogen-bond donors (Lipinski definition) is 0. The summed E-state index contributed by atoms with van der Waals surface area (Å²) in [4.78, 5) is 0. The Labute approximate surface area is 74.2 Å². The van der Waals surface area contributed by atoms with Crippen molar-refractivity contribution in [3.8, 4) is 11.8 Å². The van der Waals surface area contributed by atoms with Crippen molar-refractivity contribution < 1.29 is 9.47 Å². The van der Waals surface area contributed by atoms with Gasteiger partial charge in [0, 0.05) is 6.42 Å². The van der Waals surface area contributed by atoms with Crippen LogP contribution in [0.3, 0.4) is 0 Å². The Hall–Kier alpha value is -0.520. The third-order valence-corrected chi connectivity index (χ3v) is 1.70. The molecule has 0 spiro atoms. The van der Waals surface area contributed by atoms with Gasteiger partial charge in [0.25, 0.3) is 0 Å². The number of hydrogen-bond acceptors (Lipinski definition) is 2. The van der Waals surface area contributed by atoms with Gasteiger partial charge in [0.2, 0.25) is 6.29 Å². The minimum absolute atomic E-state index is 0.254. The van der Waals surface area contributed by atoms with Crippen LogP contribution in [0.5, 0.6) is 0 Å². The molecule has 0 radical (unpaired) electrons. The normalized spacial score (nSPS) is 18.4. The molecule has 1 aliphatic rings. The predicted octanol–water partition coefficient (Wildman–Crippen LogP) is 1.94. The van der Waals surface area contributed by atoms with E-state index in [0.29, 0.717) is 0 Å². The molecule has 1 fully saturated rings. The second-order valence-electron chi connectivity index (χ2n) is 2.85. The van der Waals surface area contributed by atoms with Crippen LogP contribution in [0.2, 0.25) is 0 Å². The minimum atomic E-state index is -0.254. The molecule has 0 N–H and O–H groups in total. The van der Waals surface area contributed by atoms with E-state index in [4.69, 9.17) is 9.47 Å². The fourth-order valence-corrected chi connectivity index (χ4v) is 0.992. The molecular formula is C10H16O2. The molecule has 1 heterocycles. The van der Waals surface area contributed by atoms with Crippen LogP contribution >= 0.6 is 0 Å². The van der Waals surface area contributed by atoms with Crippen molar-refractivity contribution in [2.75, 3.05) is 13.2 Å². The molecule has 0 aromatic rings. The van der Waals surface area contributed by atoms with Crippen molar-refractivity contribution in [3.05, 3.63) is 0 Å². The third-order valence-electron chi connectivity index (χ3n) is 1.70. The van der Waals surface area contributed by atoms with Gasteiger partial charge < -0.3 is 9.47 Å². The average molecular weight is 168 g/mol. The van der Waals surface area contributed by atoms with E-state index in [-0.39, 0.29) is 6.29 Å². The van der Waals surface area contributed by atoms with E-state index in [1.807, 2.05) is 0 Å². The van der Waals surface area contributed by atoms with Gasteiger partial charge in [0.15, 0.2) is 0 Å². The summed E-state index contributed by atoms with van der Waals surface area (Å²) in [5, 5.41) is 0. The van der Waals surface area contributed by atoms with Crippen LogP contribution in [0.15, 0.2) is 0 Å². The maximum Gasteiger partial charge on any atom is 0.222 e. The molecule has 0 aliphatic carbocycles. The molecule has 0 aromatic carbocycles. The van der Waals surface area contributed by atoms with E-state index in [2.05, 4.69) is 18.8 Å². The molecule has 0 unspecified atom stereocenters. The fraction of sp³-hybridized carbons (Fsp3) is 0.800. The summed E-state index contributed by atoms with van der Waals surface area (Å²) in [6.45, 7) is 3.73. The first-order valence-corrected chi connectivity index (χ1v) is 4.65. The molecular weight excluding hydrogens is 152 g/mol. The first-order valence-electron chi connectivity index (χ1n) is 4.65. The monoisotopic (exact) mass is 168 g/mol. The number of unbranched alkanes of at least 4 members (excludes halogenated alkanes) is 2. The van der Waals surface area contributed by atoms with Crippen molar-refractivity contribution in [1.82, 2.24) is 0 Å². The van der Waals surface area contributed by atoms with Crippen LogP contribution in [0.1, 0.15) is 32.6 Å². The highest BCUT2D eigenvalue weighted by Crippen LogP contribution is 2.03. The minimum Gasteiger partial charge on any atom is -0.342 e. The Morgan fingerprint density at radius 2 is 2.08 bits per heavy atom. The number of rotatable bonds is 2. The summed E-state index contributed by atoms with van der Waals surface area (Å²) in [5.74, 6) is 6.02. The average Bonchev–Trinajstić information content (AvgIpc) is 2.14. The first kappa shape index (κ1) is 9.57. The van der Waals surface area contributed by atoms with E-state index in [1.165, 1.54) is 12.8 Å². The topological polar surface area (TPSA) is 18.5 Å². The molecule has 12 heavy (non-hydrogen) atoms. The van der Waals surface area contributed by atoms with Crippen molar-refractivity contribution >= 4 is 0 Å². The van der Waals surface area contributed by atoms with Gasteiger partial charge in [-0.25, -0.2) is 0 Å². The molecule has 1 aliphatic heterocycles. The quantitative estimate of drug-likeness (QED) is 0.463. The molecule has 1 saturated heterocycles. The van der Waals surface area contributed by atoms with Crippen LogP contribution in [0.25, 0.3) is 0 Å². The Balaban J connectivity index is 2.13. The van der Waals surface area contributed by atoms with Gasteiger partial charge in [-0.2, -0.15) is 0 Å². The van der Waals surface area contributed by atoms with E-state index in [0.717, 1.165) is 26.1 Å². The lowest BCUT2D eigenvalue weighted by molar-refractivity contribution is -0.144. The van der Waals surface area contributed by atoms with Gasteiger partial charge in [-0.05, 0) is 18.8 Å². The summed E-state index contributed by atoms with van der Waals surface area (Å²) in [7, 11) is 0. The molecule has 1 rings (SSSR count). The van der Waals surface area contributed by atoms with Gasteiger partial charge >= 0.3 is 0 Å². The maximum atomic E-state index is 5.26. The maximum absolute atomic E-state index is 5.26. The Kier molecular flexibility index (Phi) is 4.82. The van der Waals surface area contributed by atoms with Gasteiger partial charge in [-0.15, -0.1) is 0 Å². The summed E-state index contributed by atoms with van der Waals surface area (Å²) in [5.41, 5.74) is 0. The van der Waals surface area contributed by atoms with Gasteiger partial charge in [0.1, 0.15) is 0 Å². The van der Waals surface area contributed by atoms with Crippen molar-refractivity contribution in [2.45, 2.75) is 38.9 Å². The summed E-state index contributed by atoms with van der Waals surface area (Å²) in [6.07, 6.45) is 4.06. The molecule has 68 valence electrons. The van der Waals surface area contributed by atoms with Crippen molar-refractivity contribution in [2.24, 2.45) is 0 Å². The van der Waals surface area contributed by atoms with Gasteiger partial charge in [-0.3, -0.25) is 0 Å². The fourth-order valence-electron chi connectivity index (χ4n) is 0.992. The predicted molar refractivity (Wildman–Crippen MR) is 47.6 cm³/mol. The largest absolute Gasteiger partial charge is 0.342 e. The SMILES string of the molecule is CCCCC#CC1OCCCO1. The number of ether oxygens (including phenoxy) is 2. The zero-order valence-corrected chi connectivity index (χ0v) is 7.64. The van der Waals surface area contributed by atoms with Crippen LogP contribution in [0, 0.1) is 11.8 Å². The summed E-state index contributed by atoms with van der Waals surface area (Å²) >= 11 is 0. The second kappa shape index (κ2) is 6.05.